The number of nitrogens with one attached hydrogen (secondary N) is 1. The fraction of sp³-hybridized carbons (Fsp3) is 0. The Bertz CT molecular complexity index is 882. The highest BCUT2D eigenvalue weighted by Crippen LogP contribution is 2.26. The van der Waals surface area contributed by atoms with Crippen LogP contribution in [0.25, 0.3) is 0 Å². The molecular formula is C12H9ClFNO4S2. The van der Waals surface area contributed by atoms with Crippen molar-refractivity contribution in [1.29, 1.82) is 0 Å². The van der Waals surface area contributed by atoms with Crippen molar-refractivity contribution >= 4 is 37.5 Å². The number of hydrogen-bond acceptors (Lipinski definition) is 4. The molecule has 0 saturated carbocycles. The summed E-state index contributed by atoms with van der Waals surface area (Å²) in [4.78, 5) is -0.920. The first-order valence-corrected chi connectivity index (χ1v) is 8.77. The van der Waals surface area contributed by atoms with Crippen molar-refractivity contribution in [3.05, 3.63) is 53.6 Å². The van der Waals surface area contributed by atoms with Crippen LogP contribution in [0.3, 0.4) is 0 Å². The number of anilines is 1. The van der Waals surface area contributed by atoms with E-state index >= 15 is 0 Å². The molecule has 2 aromatic rings. The maximum absolute atomic E-state index is 13.1. The second-order valence-electron chi connectivity index (χ2n) is 4.00. The predicted molar refractivity (Wildman–Crippen MR) is 77.0 cm³/mol. The molecule has 2 aromatic carbocycles. The molecule has 0 aliphatic rings. The summed E-state index contributed by atoms with van der Waals surface area (Å²) in [6, 6.07) is 10.2. The van der Waals surface area contributed by atoms with Gasteiger partial charge in [-0.3, -0.25) is 4.72 Å². The average molecular weight is 350 g/mol. The van der Waals surface area contributed by atoms with E-state index in [-0.39, 0.29) is 15.6 Å². The molecule has 21 heavy (non-hydrogen) atoms. The van der Waals surface area contributed by atoms with Crippen LogP contribution in [0, 0.1) is 0 Å². The minimum atomic E-state index is -5.05. The van der Waals surface area contributed by atoms with E-state index < -0.39 is 25.1 Å². The van der Waals surface area contributed by atoms with Gasteiger partial charge in [0.25, 0.3) is 10.0 Å². The van der Waals surface area contributed by atoms with Gasteiger partial charge in [-0.05, 0) is 30.3 Å². The molecule has 0 atom stereocenters. The zero-order valence-corrected chi connectivity index (χ0v) is 12.7. The SMILES string of the molecule is O=S(=O)(F)c1ccccc1NS(=O)(=O)c1cccc(Cl)c1. The number of rotatable bonds is 4. The molecule has 112 valence electrons. The largest absolute Gasteiger partial charge is 0.334 e. The van der Waals surface area contributed by atoms with E-state index in [1.165, 1.54) is 36.4 Å². The number of sulfonamides is 1. The van der Waals surface area contributed by atoms with E-state index in [0.29, 0.717) is 0 Å². The van der Waals surface area contributed by atoms with E-state index in [9.17, 15) is 20.7 Å². The summed E-state index contributed by atoms with van der Waals surface area (Å²) in [5.74, 6) is 0. The fourth-order valence-electron chi connectivity index (χ4n) is 1.60. The summed E-state index contributed by atoms with van der Waals surface area (Å²) in [5.41, 5.74) is -0.375. The Morgan fingerprint density at radius 1 is 0.952 bits per heavy atom. The Hall–Kier alpha value is -1.64. The van der Waals surface area contributed by atoms with E-state index in [1.54, 1.807) is 0 Å². The smallest absolute Gasteiger partial charge is 0.278 e. The first kappa shape index (κ1) is 15.7. The number of benzene rings is 2. The zero-order chi connectivity index (χ0) is 15.7. The lowest BCUT2D eigenvalue weighted by Gasteiger charge is -2.10. The summed E-state index contributed by atoms with van der Waals surface area (Å²) in [7, 11) is -9.13. The van der Waals surface area contributed by atoms with Gasteiger partial charge in [0, 0.05) is 5.02 Å². The third kappa shape index (κ3) is 3.72. The lowest BCUT2D eigenvalue weighted by atomic mass is 10.3. The van der Waals surface area contributed by atoms with Crippen LogP contribution in [0.2, 0.25) is 5.02 Å². The quantitative estimate of drug-likeness (QED) is 0.861. The summed E-state index contributed by atoms with van der Waals surface area (Å²) in [6.45, 7) is 0. The molecule has 0 unspecified atom stereocenters. The molecule has 0 fully saturated rings. The van der Waals surface area contributed by atoms with Crippen molar-refractivity contribution < 1.29 is 20.7 Å². The minimum Gasteiger partial charge on any atom is -0.278 e. The first-order chi connectivity index (χ1) is 9.70. The van der Waals surface area contributed by atoms with Crippen LogP contribution in [-0.4, -0.2) is 16.8 Å². The molecule has 1 N–H and O–H groups in total. The molecule has 0 aliphatic carbocycles. The van der Waals surface area contributed by atoms with Crippen molar-refractivity contribution in [2.45, 2.75) is 9.79 Å². The summed E-state index contributed by atoms with van der Waals surface area (Å²) >= 11 is 5.71. The summed E-state index contributed by atoms with van der Waals surface area (Å²) in [6.07, 6.45) is 0. The van der Waals surface area contributed by atoms with Crippen LogP contribution >= 0.6 is 11.6 Å². The molecule has 0 heterocycles. The van der Waals surface area contributed by atoms with Crippen molar-refractivity contribution in [1.82, 2.24) is 0 Å². The normalized spacial score (nSPS) is 12.1. The second-order valence-corrected chi connectivity index (χ2v) is 7.43. The van der Waals surface area contributed by atoms with Gasteiger partial charge >= 0.3 is 10.2 Å². The van der Waals surface area contributed by atoms with Gasteiger partial charge in [-0.15, -0.1) is 3.89 Å². The molecule has 9 heteroatoms. The Kier molecular flexibility index (Phi) is 4.22. The van der Waals surface area contributed by atoms with Crippen LogP contribution in [-0.2, 0) is 20.2 Å². The Morgan fingerprint density at radius 3 is 2.24 bits per heavy atom. The van der Waals surface area contributed by atoms with Crippen molar-refractivity contribution in [2.75, 3.05) is 4.72 Å². The maximum Gasteiger partial charge on any atom is 0.334 e. The third-order valence-electron chi connectivity index (χ3n) is 2.50. The van der Waals surface area contributed by atoms with Gasteiger partial charge in [0.2, 0.25) is 0 Å². The Balaban J connectivity index is 2.48. The molecular weight excluding hydrogens is 341 g/mol. The molecule has 5 nitrogen and oxygen atoms in total. The molecule has 0 bridgehead atoms. The molecule has 0 aromatic heterocycles. The lowest BCUT2D eigenvalue weighted by molar-refractivity contribution is 0.552. The van der Waals surface area contributed by atoms with Gasteiger partial charge in [-0.1, -0.05) is 29.8 Å². The molecule has 0 saturated heterocycles. The van der Waals surface area contributed by atoms with Gasteiger partial charge < -0.3 is 0 Å². The van der Waals surface area contributed by atoms with Crippen molar-refractivity contribution in [3.8, 4) is 0 Å². The van der Waals surface area contributed by atoms with Crippen molar-refractivity contribution in [3.63, 3.8) is 0 Å². The Labute approximate surface area is 126 Å². The van der Waals surface area contributed by atoms with Gasteiger partial charge in [0.15, 0.2) is 0 Å². The topological polar surface area (TPSA) is 80.3 Å². The molecule has 0 radical (unpaired) electrons. The molecule has 0 aliphatic heterocycles. The Morgan fingerprint density at radius 2 is 1.62 bits per heavy atom. The monoisotopic (exact) mass is 349 g/mol. The minimum absolute atomic E-state index is 0.166. The van der Waals surface area contributed by atoms with E-state index in [1.807, 2.05) is 4.72 Å². The van der Waals surface area contributed by atoms with Crippen LogP contribution in [0.15, 0.2) is 58.3 Å². The highest BCUT2D eigenvalue weighted by molar-refractivity contribution is 7.93. The third-order valence-corrected chi connectivity index (χ3v) is 4.98. The number of para-hydroxylation sites is 1. The maximum atomic E-state index is 13.1. The first-order valence-electron chi connectivity index (χ1n) is 5.52. The molecule has 2 rings (SSSR count). The van der Waals surface area contributed by atoms with Crippen LogP contribution in [0.4, 0.5) is 9.57 Å². The van der Waals surface area contributed by atoms with Crippen LogP contribution in [0.5, 0.6) is 0 Å². The summed E-state index contributed by atoms with van der Waals surface area (Å²) < 4.78 is 61.5. The number of hydrogen-bond donors (Lipinski definition) is 1. The standard InChI is InChI=1S/C12H9ClFNO4S2/c13-9-4-3-5-10(8-9)21(18,19)15-11-6-1-2-7-12(11)20(14,16)17/h1-8,15H. The van der Waals surface area contributed by atoms with Crippen molar-refractivity contribution in [2.24, 2.45) is 0 Å². The zero-order valence-electron chi connectivity index (χ0n) is 10.3. The fourth-order valence-corrected chi connectivity index (χ4v) is 3.67. The van der Waals surface area contributed by atoms with Gasteiger partial charge in [-0.25, -0.2) is 8.42 Å². The van der Waals surface area contributed by atoms with Gasteiger partial charge in [0.1, 0.15) is 4.90 Å². The van der Waals surface area contributed by atoms with Crippen LogP contribution < -0.4 is 4.72 Å². The van der Waals surface area contributed by atoms with E-state index in [0.717, 1.165) is 12.1 Å². The summed E-state index contributed by atoms with van der Waals surface area (Å²) in [5, 5.41) is 0.198. The van der Waals surface area contributed by atoms with E-state index in [4.69, 9.17) is 11.6 Å². The molecule has 0 amide bonds. The lowest BCUT2D eigenvalue weighted by Crippen LogP contribution is -2.14. The van der Waals surface area contributed by atoms with Gasteiger partial charge in [-0.2, -0.15) is 8.42 Å². The molecule has 0 spiro atoms. The highest BCUT2D eigenvalue weighted by Gasteiger charge is 2.21. The van der Waals surface area contributed by atoms with Crippen LogP contribution in [0.1, 0.15) is 0 Å². The number of halogens is 2. The van der Waals surface area contributed by atoms with E-state index in [2.05, 4.69) is 0 Å². The highest BCUT2D eigenvalue weighted by atomic mass is 35.5. The average Bonchev–Trinajstić information content (AvgIpc) is 2.37. The predicted octanol–water partition coefficient (Wildman–Crippen LogP) is 2.80. The second kappa shape index (κ2) is 5.63. The van der Waals surface area contributed by atoms with Gasteiger partial charge in [0.05, 0.1) is 10.6 Å².